The van der Waals surface area contributed by atoms with Gasteiger partial charge in [0.1, 0.15) is 18.5 Å². The third-order valence-corrected chi connectivity index (χ3v) is 3.35. The number of benzene rings is 2. The minimum atomic E-state index is -1.07. The number of aryl methyl sites for hydroxylation is 1. The molecule has 0 fully saturated rings. The van der Waals surface area contributed by atoms with E-state index in [1.165, 1.54) is 6.07 Å². The molecule has 0 radical (unpaired) electrons. The first-order valence-electron chi connectivity index (χ1n) is 6.48. The Morgan fingerprint density at radius 1 is 1.20 bits per heavy atom. The summed E-state index contributed by atoms with van der Waals surface area (Å²) in [4.78, 5) is 0. The van der Waals surface area contributed by atoms with E-state index in [1.807, 2.05) is 19.1 Å². The van der Waals surface area contributed by atoms with Gasteiger partial charge in [-0.25, -0.2) is 4.39 Å². The van der Waals surface area contributed by atoms with Gasteiger partial charge < -0.3 is 14.6 Å². The first-order chi connectivity index (χ1) is 9.65. The molecule has 20 heavy (non-hydrogen) atoms. The monoisotopic (exact) mass is 274 g/mol. The van der Waals surface area contributed by atoms with Crippen LogP contribution in [0.4, 0.5) is 4.39 Å². The molecule has 1 aliphatic heterocycles. The lowest BCUT2D eigenvalue weighted by molar-refractivity contribution is -0.0128. The summed E-state index contributed by atoms with van der Waals surface area (Å²) in [5.74, 6) is 0.766. The average Bonchev–Trinajstić information content (AvgIpc) is 2.48. The van der Waals surface area contributed by atoms with Gasteiger partial charge in [0.25, 0.3) is 0 Å². The number of rotatable bonds is 2. The molecule has 1 heterocycles. The molecule has 0 spiro atoms. The van der Waals surface area contributed by atoms with E-state index in [0.29, 0.717) is 11.5 Å². The van der Waals surface area contributed by atoms with Crippen LogP contribution in [0.15, 0.2) is 42.5 Å². The maximum atomic E-state index is 13.8. The molecule has 1 aliphatic rings. The predicted molar refractivity (Wildman–Crippen MR) is 72.4 cm³/mol. The number of hydrogen-bond donors (Lipinski definition) is 1. The predicted octanol–water partition coefficient (Wildman–Crippen LogP) is 3.01. The maximum Gasteiger partial charge on any atom is 0.163 e. The number of aliphatic hydroxyl groups excluding tert-OH is 1. The Bertz CT molecular complexity index is 627. The molecule has 1 N–H and O–H groups in total. The van der Waals surface area contributed by atoms with Gasteiger partial charge in [-0.1, -0.05) is 29.8 Å². The molecule has 0 saturated carbocycles. The molecule has 2 unspecified atom stereocenters. The molecule has 3 rings (SSSR count). The Hall–Kier alpha value is -2.07. The van der Waals surface area contributed by atoms with E-state index in [-0.39, 0.29) is 12.2 Å². The van der Waals surface area contributed by atoms with E-state index in [0.717, 1.165) is 5.56 Å². The van der Waals surface area contributed by atoms with Gasteiger partial charge >= 0.3 is 0 Å². The van der Waals surface area contributed by atoms with Crippen LogP contribution in [-0.4, -0.2) is 17.8 Å². The van der Waals surface area contributed by atoms with Gasteiger partial charge in [0.15, 0.2) is 17.6 Å². The van der Waals surface area contributed by atoms with Crippen LogP contribution in [-0.2, 0) is 0 Å². The van der Waals surface area contributed by atoms with Crippen LogP contribution < -0.4 is 9.47 Å². The van der Waals surface area contributed by atoms with E-state index >= 15 is 0 Å². The highest BCUT2D eigenvalue weighted by atomic mass is 19.1. The Kier molecular flexibility index (Phi) is 3.32. The second-order valence-corrected chi connectivity index (χ2v) is 4.88. The van der Waals surface area contributed by atoms with Crippen molar-refractivity contribution >= 4 is 0 Å². The second-order valence-electron chi connectivity index (χ2n) is 4.88. The highest BCUT2D eigenvalue weighted by molar-refractivity contribution is 5.41. The molecule has 0 amide bonds. The molecule has 0 aromatic heterocycles. The highest BCUT2D eigenvalue weighted by Gasteiger charge is 2.30. The van der Waals surface area contributed by atoms with Crippen LogP contribution in [0.3, 0.4) is 0 Å². The van der Waals surface area contributed by atoms with Crippen molar-refractivity contribution in [1.29, 1.82) is 0 Å². The minimum absolute atomic E-state index is 0.186. The fraction of sp³-hybridized carbons (Fsp3) is 0.250. The van der Waals surface area contributed by atoms with Crippen LogP contribution in [0.1, 0.15) is 17.2 Å². The number of aliphatic hydroxyl groups is 1. The number of halogens is 1. The summed E-state index contributed by atoms with van der Waals surface area (Å²) in [6.07, 6.45) is -1.69. The van der Waals surface area contributed by atoms with Crippen molar-refractivity contribution in [3.63, 3.8) is 0 Å². The van der Waals surface area contributed by atoms with Crippen LogP contribution >= 0.6 is 0 Å². The Morgan fingerprint density at radius 2 is 1.95 bits per heavy atom. The smallest absolute Gasteiger partial charge is 0.163 e. The largest absolute Gasteiger partial charge is 0.486 e. The van der Waals surface area contributed by atoms with Gasteiger partial charge in [0.05, 0.1) is 0 Å². The normalized spacial score (nSPS) is 18.6. The van der Waals surface area contributed by atoms with E-state index in [9.17, 15) is 9.50 Å². The van der Waals surface area contributed by atoms with Crippen molar-refractivity contribution in [2.24, 2.45) is 0 Å². The van der Waals surface area contributed by atoms with E-state index in [1.54, 1.807) is 24.3 Å². The van der Waals surface area contributed by atoms with Gasteiger partial charge in [-0.05, 0) is 25.1 Å². The highest BCUT2D eigenvalue weighted by Crippen LogP contribution is 2.34. The maximum absolute atomic E-state index is 13.8. The topological polar surface area (TPSA) is 38.7 Å². The van der Waals surface area contributed by atoms with Crippen molar-refractivity contribution in [1.82, 2.24) is 0 Å². The summed E-state index contributed by atoms with van der Waals surface area (Å²) in [5, 5.41) is 10.3. The molecule has 0 saturated heterocycles. The molecule has 0 bridgehead atoms. The van der Waals surface area contributed by atoms with Gasteiger partial charge in [-0.3, -0.25) is 0 Å². The van der Waals surface area contributed by atoms with E-state index in [4.69, 9.17) is 9.47 Å². The molecule has 0 aliphatic carbocycles. The summed E-state index contributed by atoms with van der Waals surface area (Å²) in [5.41, 5.74) is 1.12. The molecule has 2 aromatic rings. The zero-order valence-corrected chi connectivity index (χ0v) is 11.0. The Balaban J connectivity index is 1.85. The Morgan fingerprint density at radius 3 is 2.75 bits per heavy atom. The van der Waals surface area contributed by atoms with Crippen LogP contribution in [0, 0.1) is 12.7 Å². The fourth-order valence-electron chi connectivity index (χ4n) is 2.28. The molecular weight excluding hydrogens is 259 g/mol. The first-order valence-corrected chi connectivity index (χ1v) is 6.48. The lowest BCUT2D eigenvalue weighted by Crippen LogP contribution is -2.35. The Labute approximate surface area is 116 Å². The zero-order valence-electron chi connectivity index (χ0n) is 11.0. The van der Waals surface area contributed by atoms with Crippen LogP contribution in [0.25, 0.3) is 0 Å². The van der Waals surface area contributed by atoms with Crippen molar-refractivity contribution in [2.45, 2.75) is 19.1 Å². The number of para-hydroxylation sites is 2. The zero-order chi connectivity index (χ0) is 14.1. The SMILES string of the molecule is Cc1ccc(F)c(C(O)C2COc3ccccc3O2)c1. The summed E-state index contributed by atoms with van der Waals surface area (Å²) in [6, 6.07) is 11.9. The molecule has 2 atom stereocenters. The standard InChI is InChI=1S/C16H15FO3/c1-10-6-7-12(17)11(8-10)16(18)15-9-19-13-4-2-3-5-14(13)20-15/h2-8,15-16,18H,9H2,1H3. The van der Waals surface area contributed by atoms with Gasteiger partial charge in [0.2, 0.25) is 0 Å². The summed E-state index contributed by atoms with van der Waals surface area (Å²) in [6.45, 7) is 2.04. The third-order valence-electron chi connectivity index (χ3n) is 3.35. The molecule has 104 valence electrons. The summed E-state index contributed by atoms with van der Waals surface area (Å²) in [7, 11) is 0. The fourth-order valence-corrected chi connectivity index (χ4v) is 2.28. The van der Waals surface area contributed by atoms with E-state index < -0.39 is 18.0 Å². The average molecular weight is 274 g/mol. The van der Waals surface area contributed by atoms with Crippen LogP contribution in [0.2, 0.25) is 0 Å². The van der Waals surface area contributed by atoms with Crippen molar-refractivity contribution in [3.05, 3.63) is 59.4 Å². The number of fused-ring (bicyclic) bond motifs is 1. The van der Waals surface area contributed by atoms with Gasteiger partial charge in [0, 0.05) is 5.56 Å². The van der Waals surface area contributed by atoms with Crippen LogP contribution in [0.5, 0.6) is 11.5 Å². The summed E-state index contributed by atoms with van der Waals surface area (Å²) < 4.78 is 25.1. The number of hydrogen-bond acceptors (Lipinski definition) is 3. The number of ether oxygens (including phenoxy) is 2. The molecule has 2 aromatic carbocycles. The quantitative estimate of drug-likeness (QED) is 0.915. The van der Waals surface area contributed by atoms with E-state index in [2.05, 4.69) is 0 Å². The van der Waals surface area contributed by atoms with Gasteiger partial charge in [-0.2, -0.15) is 0 Å². The van der Waals surface area contributed by atoms with Crippen molar-refractivity contribution in [3.8, 4) is 11.5 Å². The third kappa shape index (κ3) is 2.34. The second kappa shape index (κ2) is 5.13. The first kappa shape index (κ1) is 12.9. The van der Waals surface area contributed by atoms with Crippen molar-refractivity contribution in [2.75, 3.05) is 6.61 Å². The lowest BCUT2D eigenvalue weighted by Gasteiger charge is -2.30. The molecule has 4 heteroatoms. The molecular formula is C16H15FO3. The summed E-state index contributed by atoms with van der Waals surface area (Å²) >= 11 is 0. The lowest BCUT2D eigenvalue weighted by atomic mass is 10.0. The van der Waals surface area contributed by atoms with Crippen molar-refractivity contribution < 1.29 is 19.0 Å². The minimum Gasteiger partial charge on any atom is -0.486 e. The molecule has 3 nitrogen and oxygen atoms in total. The van der Waals surface area contributed by atoms with Gasteiger partial charge in [-0.15, -0.1) is 0 Å².